The predicted molar refractivity (Wildman–Crippen MR) is 75.0 cm³/mol. The summed E-state index contributed by atoms with van der Waals surface area (Å²) in [6.07, 6.45) is 7.38. The minimum atomic E-state index is 0.261. The number of hydrogen-bond acceptors (Lipinski definition) is 3. The Kier molecular flexibility index (Phi) is 5.14. The molecule has 0 amide bonds. The van der Waals surface area contributed by atoms with Crippen molar-refractivity contribution in [3.8, 4) is 0 Å². The Morgan fingerprint density at radius 3 is 2.50 bits per heavy atom. The van der Waals surface area contributed by atoms with Gasteiger partial charge in [0.1, 0.15) is 0 Å². The highest BCUT2D eigenvalue weighted by atomic mass is 32.2. The molecule has 1 aliphatic rings. The van der Waals surface area contributed by atoms with Gasteiger partial charge in [-0.2, -0.15) is 11.8 Å². The fourth-order valence-corrected chi connectivity index (χ4v) is 3.54. The van der Waals surface area contributed by atoms with Gasteiger partial charge in [-0.05, 0) is 38.0 Å². The van der Waals surface area contributed by atoms with Crippen LogP contribution in [0.3, 0.4) is 0 Å². The minimum absolute atomic E-state index is 0.261. The molecule has 2 N–H and O–H groups in total. The van der Waals surface area contributed by atoms with E-state index in [-0.39, 0.29) is 5.54 Å². The summed E-state index contributed by atoms with van der Waals surface area (Å²) >= 11 is 1.92. The van der Waals surface area contributed by atoms with Crippen LogP contribution in [-0.4, -0.2) is 42.6 Å². The summed E-state index contributed by atoms with van der Waals surface area (Å²) in [4.78, 5) is 2.52. The number of hydrogen-bond donors (Lipinski definition) is 1. The van der Waals surface area contributed by atoms with E-state index in [1.54, 1.807) is 0 Å². The monoisotopic (exact) mass is 244 g/mol. The minimum Gasteiger partial charge on any atom is -0.329 e. The van der Waals surface area contributed by atoms with Crippen molar-refractivity contribution in [2.45, 2.75) is 45.1 Å². The zero-order chi connectivity index (χ0) is 12.2. The van der Waals surface area contributed by atoms with E-state index in [0.29, 0.717) is 5.41 Å². The molecule has 1 saturated carbocycles. The maximum Gasteiger partial charge on any atom is 0.0334 e. The Balaban J connectivity index is 2.68. The molecule has 96 valence electrons. The van der Waals surface area contributed by atoms with Crippen molar-refractivity contribution < 1.29 is 0 Å². The molecule has 0 spiro atoms. The van der Waals surface area contributed by atoms with Crippen LogP contribution in [0, 0.1) is 5.41 Å². The van der Waals surface area contributed by atoms with Gasteiger partial charge in [0.25, 0.3) is 0 Å². The highest BCUT2D eigenvalue weighted by Crippen LogP contribution is 2.43. The van der Waals surface area contributed by atoms with E-state index in [1.807, 2.05) is 11.8 Å². The molecule has 0 aromatic heterocycles. The second kappa shape index (κ2) is 5.74. The largest absolute Gasteiger partial charge is 0.329 e. The highest BCUT2D eigenvalue weighted by molar-refractivity contribution is 7.98. The van der Waals surface area contributed by atoms with Crippen LogP contribution in [-0.2, 0) is 0 Å². The maximum atomic E-state index is 6.08. The molecule has 16 heavy (non-hydrogen) atoms. The Bertz CT molecular complexity index is 218. The number of thioether (sulfide) groups is 1. The number of nitrogens with two attached hydrogens (primary N) is 1. The lowest BCUT2D eigenvalue weighted by Crippen LogP contribution is -2.56. The van der Waals surface area contributed by atoms with Crippen molar-refractivity contribution in [3.05, 3.63) is 0 Å². The van der Waals surface area contributed by atoms with Crippen molar-refractivity contribution in [2.75, 3.05) is 32.1 Å². The van der Waals surface area contributed by atoms with Gasteiger partial charge >= 0.3 is 0 Å². The van der Waals surface area contributed by atoms with Crippen LogP contribution >= 0.6 is 11.8 Å². The van der Waals surface area contributed by atoms with E-state index in [2.05, 4.69) is 32.1 Å². The quantitative estimate of drug-likeness (QED) is 0.806. The lowest BCUT2D eigenvalue weighted by molar-refractivity contribution is 0.0316. The van der Waals surface area contributed by atoms with Gasteiger partial charge in [0.15, 0.2) is 0 Å². The summed E-state index contributed by atoms with van der Waals surface area (Å²) in [7, 11) is 2.25. The zero-order valence-corrected chi connectivity index (χ0v) is 12.2. The first-order valence-corrected chi connectivity index (χ1v) is 7.75. The predicted octanol–water partition coefficient (Wildman–Crippen LogP) is 2.58. The van der Waals surface area contributed by atoms with Crippen molar-refractivity contribution in [1.29, 1.82) is 0 Å². The first kappa shape index (κ1) is 14.3. The lowest BCUT2D eigenvalue weighted by atomic mass is 9.67. The maximum absolute atomic E-state index is 6.08. The van der Waals surface area contributed by atoms with Gasteiger partial charge in [-0.15, -0.1) is 0 Å². The summed E-state index contributed by atoms with van der Waals surface area (Å²) in [6.45, 7) is 6.74. The van der Waals surface area contributed by atoms with Crippen molar-refractivity contribution in [1.82, 2.24) is 4.90 Å². The molecule has 0 saturated heterocycles. The van der Waals surface area contributed by atoms with E-state index in [1.165, 1.54) is 31.4 Å². The van der Waals surface area contributed by atoms with Gasteiger partial charge in [0.2, 0.25) is 0 Å². The second-order valence-corrected chi connectivity index (χ2v) is 7.02. The SMILES string of the molecule is CSCCN(C)C1(CN)CCCC(C)(C)C1. The molecule has 0 heterocycles. The summed E-state index contributed by atoms with van der Waals surface area (Å²) in [6, 6.07) is 0. The molecule has 1 atom stereocenters. The molecule has 0 bridgehead atoms. The average Bonchev–Trinajstić information content (AvgIpc) is 2.24. The third-order valence-electron chi connectivity index (χ3n) is 4.12. The van der Waals surface area contributed by atoms with E-state index in [9.17, 15) is 0 Å². The van der Waals surface area contributed by atoms with Gasteiger partial charge in [0, 0.05) is 24.4 Å². The molecule has 2 nitrogen and oxygen atoms in total. The fraction of sp³-hybridized carbons (Fsp3) is 1.00. The van der Waals surface area contributed by atoms with Crippen molar-refractivity contribution in [2.24, 2.45) is 11.1 Å². The summed E-state index contributed by atoms with van der Waals surface area (Å²) in [5.74, 6) is 1.21. The van der Waals surface area contributed by atoms with Crippen LogP contribution in [0.1, 0.15) is 39.5 Å². The summed E-state index contributed by atoms with van der Waals surface area (Å²) in [5, 5.41) is 0. The molecule has 1 unspecified atom stereocenters. The Morgan fingerprint density at radius 2 is 2.00 bits per heavy atom. The zero-order valence-electron chi connectivity index (χ0n) is 11.4. The standard InChI is InChI=1S/C13H28N2S/c1-12(2)6-5-7-13(10-12,11-14)15(3)8-9-16-4/h5-11,14H2,1-4H3. The average molecular weight is 244 g/mol. The van der Waals surface area contributed by atoms with E-state index in [0.717, 1.165) is 13.1 Å². The summed E-state index contributed by atoms with van der Waals surface area (Å²) < 4.78 is 0. The van der Waals surface area contributed by atoms with Crippen molar-refractivity contribution in [3.63, 3.8) is 0 Å². The van der Waals surface area contributed by atoms with Crippen LogP contribution in [0.5, 0.6) is 0 Å². The number of nitrogens with zero attached hydrogens (tertiary/aromatic N) is 1. The fourth-order valence-electron chi connectivity index (χ4n) is 3.08. The van der Waals surface area contributed by atoms with E-state index >= 15 is 0 Å². The molecule has 0 radical (unpaired) electrons. The van der Waals surface area contributed by atoms with Gasteiger partial charge in [0.05, 0.1) is 0 Å². The first-order chi connectivity index (χ1) is 7.46. The van der Waals surface area contributed by atoms with Gasteiger partial charge in [-0.3, -0.25) is 4.90 Å². The molecule has 1 aliphatic carbocycles. The Morgan fingerprint density at radius 1 is 1.31 bits per heavy atom. The topological polar surface area (TPSA) is 29.3 Å². The van der Waals surface area contributed by atoms with Gasteiger partial charge < -0.3 is 5.73 Å². The number of rotatable bonds is 5. The van der Waals surface area contributed by atoms with Crippen LogP contribution in [0.2, 0.25) is 0 Å². The molecule has 1 rings (SSSR count). The highest BCUT2D eigenvalue weighted by Gasteiger charge is 2.41. The molecular weight excluding hydrogens is 216 g/mol. The van der Waals surface area contributed by atoms with Crippen molar-refractivity contribution >= 4 is 11.8 Å². The molecule has 3 heteroatoms. The Hall–Kier alpha value is 0.270. The first-order valence-electron chi connectivity index (χ1n) is 6.36. The van der Waals surface area contributed by atoms with Gasteiger partial charge in [-0.25, -0.2) is 0 Å². The normalized spacial score (nSPS) is 29.6. The van der Waals surface area contributed by atoms with Crippen LogP contribution < -0.4 is 5.73 Å². The number of likely N-dealkylation sites (N-methyl/N-ethyl adjacent to an activating group) is 1. The molecule has 0 aromatic carbocycles. The van der Waals surface area contributed by atoms with Crippen LogP contribution in [0.15, 0.2) is 0 Å². The lowest BCUT2D eigenvalue weighted by Gasteiger charge is -2.49. The smallest absolute Gasteiger partial charge is 0.0334 e. The molecule has 1 fully saturated rings. The van der Waals surface area contributed by atoms with E-state index < -0.39 is 0 Å². The molecular formula is C13H28N2S. The van der Waals surface area contributed by atoms with Crippen LogP contribution in [0.25, 0.3) is 0 Å². The van der Waals surface area contributed by atoms with Crippen LogP contribution in [0.4, 0.5) is 0 Å². The third-order valence-corrected chi connectivity index (χ3v) is 4.71. The molecule has 0 aliphatic heterocycles. The molecule has 0 aromatic rings. The second-order valence-electron chi connectivity index (χ2n) is 6.04. The van der Waals surface area contributed by atoms with Gasteiger partial charge in [-0.1, -0.05) is 20.3 Å². The van der Waals surface area contributed by atoms with E-state index in [4.69, 9.17) is 5.73 Å². The Labute approximate surface area is 105 Å². The third kappa shape index (κ3) is 3.38. The summed E-state index contributed by atoms with van der Waals surface area (Å²) in [5.41, 5.74) is 6.81.